The highest BCUT2D eigenvalue weighted by atomic mass is 35.5. The van der Waals surface area contributed by atoms with E-state index in [0.717, 1.165) is 17.7 Å². The minimum Gasteiger partial charge on any atom is -0.337 e. The Labute approximate surface area is 187 Å². The van der Waals surface area contributed by atoms with Crippen LogP contribution in [0.5, 0.6) is 0 Å². The Morgan fingerprint density at radius 1 is 0.806 bits per heavy atom. The van der Waals surface area contributed by atoms with Gasteiger partial charge in [0.1, 0.15) is 5.70 Å². The first-order chi connectivity index (χ1) is 15.0. The highest BCUT2D eigenvalue weighted by Gasteiger charge is 2.42. The van der Waals surface area contributed by atoms with Crippen molar-refractivity contribution in [1.29, 1.82) is 0 Å². The van der Waals surface area contributed by atoms with Crippen molar-refractivity contribution >= 4 is 40.4 Å². The highest BCUT2D eigenvalue weighted by Crippen LogP contribution is 2.37. The van der Waals surface area contributed by atoms with Crippen molar-refractivity contribution in [3.05, 3.63) is 101 Å². The Bertz CT molecular complexity index is 1140. The van der Waals surface area contributed by atoms with Gasteiger partial charge in [0.25, 0.3) is 11.8 Å². The largest absolute Gasteiger partial charge is 0.337 e. The van der Waals surface area contributed by atoms with E-state index in [-0.39, 0.29) is 11.8 Å². The van der Waals surface area contributed by atoms with E-state index in [0.29, 0.717) is 34.1 Å². The minimum atomic E-state index is -0.332. The van der Waals surface area contributed by atoms with Crippen LogP contribution in [-0.4, -0.2) is 18.4 Å². The van der Waals surface area contributed by atoms with Crippen LogP contribution in [0.2, 0.25) is 5.02 Å². The molecule has 4 rings (SSSR count). The average molecular weight is 431 g/mol. The molecule has 0 fully saturated rings. The summed E-state index contributed by atoms with van der Waals surface area (Å²) in [5.41, 5.74) is 3.99. The van der Waals surface area contributed by atoms with Gasteiger partial charge in [0.05, 0.1) is 11.3 Å². The fourth-order valence-corrected chi connectivity index (χ4v) is 3.96. The summed E-state index contributed by atoms with van der Waals surface area (Å²) in [7, 11) is 0. The molecule has 0 saturated carbocycles. The number of imide groups is 1. The summed E-state index contributed by atoms with van der Waals surface area (Å²) in [5, 5.41) is 0.574. The van der Waals surface area contributed by atoms with Crippen LogP contribution in [0.1, 0.15) is 25.0 Å². The second-order valence-electron chi connectivity index (χ2n) is 7.28. The van der Waals surface area contributed by atoms with Gasteiger partial charge in [0, 0.05) is 17.3 Å². The fraction of sp³-hybridized carbons (Fsp3) is 0.154. The minimum absolute atomic E-state index is 0.329. The van der Waals surface area contributed by atoms with E-state index in [1.54, 1.807) is 24.3 Å². The number of likely N-dealkylation sites (N-methyl/N-ethyl adjacent to an activating group) is 1. The standard InChI is InChI=1S/C26H23ClN2O2/c1-3-18-10-16-22(17-11-18)29-25(30)23(19-12-14-20(27)15-13-19)24(26(29)31)28(4-2)21-8-6-5-7-9-21/h5-17H,3-4H2,1-2H3. The molecular weight excluding hydrogens is 408 g/mol. The van der Waals surface area contributed by atoms with Crippen molar-refractivity contribution in [2.75, 3.05) is 16.3 Å². The molecule has 2 amide bonds. The second kappa shape index (κ2) is 8.78. The first kappa shape index (κ1) is 20.9. The van der Waals surface area contributed by atoms with Gasteiger partial charge in [-0.05, 0) is 60.9 Å². The van der Waals surface area contributed by atoms with Gasteiger partial charge in [0.15, 0.2) is 0 Å². The number of hydrogen-bond acceptors (Lipinski definition) is 3. The van der Waals surface area contributed by atoms with E-state index in [1.165, 1.54) is 4.90 Å². The topological polar surface area (TPSA) is 40.6 Å². The molecule has 0 atom stereocenters. The lowest BCUT2D eigenvalue weighted by Crippen LogP contribution is -2.35. The molecule has 0 aromatic heterocycles. The van der Waals surface area contributed by atoms with Crippen LogP contribution in [0.4, 0.5) is 11.4 Å². The van der Waals surface area contributed by atoms with Crippen LogP contribution in [0, 0.1) is 0 Å². The molecule has 156 valence electrons. The van der Waals surface area contributed by atoms with Crippen molar-refractivity contribution in [2.45, 2.75) is 20.3 Å². The Balaban J connectivity index is 1.87. The average Bonchev–Trinajstić information content (AvgIpc) is 3.06. The third kappa shape index (κ3) is 3.87. The number of rotatable bonds is 6. The molecule has 0 radical (unpaired) electrons. The first-order valence-electron chi connectivity index (χ1n) is 10.4. The summed E-state index contributed by atoms with van der Waals surface area (Å²) in [4.78, 5) is 30.4. The summed E-state index contributed by atoms with van der Waals surface area (Å²) < 4.78 is 0. The van der Waals surface area contributed by atoms with Crippen LogP contribution in [-0.2, 0) is 16.0 Å². The van der Waals surface area contributed by atoms with Crippen molar-refractivity contribution in [1.82, 2.24) is 0 Å². The summed E-state index contributed by atoms with van der Waals surface area (Å²) in [5.74, 6) is -0.661. The number of nitrogens with zero attached hydrogens (tertiary/aromatic N) is 2. The van der Waals surface area contributed by atoms with Crippen molar-refractivity contribution in [2.24, 2.45) is 0 Å². The summed E-state index contributed by atoms with van der Waals surface area (Å²) >= 11 is 6.07. The molecule has 1 aliphatic heterocycles. The van der Waals surface area contributed by atoms with Crippen molar-refractivity contribution in [3.63, 3.8) is 0 Å². The maximum atomic E-state index is 13.7. The molecule has 1 aliphatic rings. The van der Waals surface area contributed by atoms with Crippen molar-refractivity contribution < 1.29 is 9.59 Å². The zero-order chi connectivity index (χ0) is 22.0. The Hall–Kier alpha value is -3.37. The van der Waals surface area contributed by atoms with Gasteiger partial charge in [0.2, 0.25) is 0 Å². The normalized spacial score (nSPS) is 13.8. The molecule has 4 nitrogen and oxygen atoms in total. The molecule has 0 saturated heterocycles. The van der Waals surface area contributed by atoms with Gasteiger partial charge in [-0.1, -0.05) is 61.0 Å². The summed E-state index contributed by atoms with van der Waals surface area (Å²) in [6, 6.07) is 24.2. The SMILES string of the molecule is CCc1ccc(N2C(=O)C(c3ccc(Cl)cc3)=C(N(CC)c3ccccc3)C2=O)cc1. The molecule has 5 heteroatoms. The third-order valence-corrected chi connectivity index (χ3v) is 5.70. The summed E-state index contributed by atoms with van der Waals surface area (Å²) in [6.07, 6.45) is 0.888. The smallest absolute Gasteiger partial charge is 0.282 e. The van der Waals surface area contributed by atoms with Crippen LogP contribution >= 0.6 is 11.6 Å². The lowest BCUT2D eigenvalue weighted by Gasteiger charge is -2.25. The number of hydrogen-bond donors (Lipinski definition) is 0. The van der Waals surface area contributed by atoms with E-state index < -0.39 is 0 Å². The zero-order valence-corrected chi connectivity index (χ0v) is 18.3. The third-order valence-electron chi connectivity index (χ3n) is 5.45. The molecule has 1 heterocycles. The first-order valence-corrected chi connectivity index (χ1v) is 10.7. The number of amides is 2. The molecule has 0 spiro atoms. The van der Waals surface area contributed by atoms with Crippen molar-refractivity contribution in [3.8, 4) is 0 Å². The molecule has 0 N–H and O–H groups in total. The van der Waals surface area contributed by atoms with E-state index >= 15 is 0 Å². The van der Waals surface area contributed by atoms with E-state index in [4.69, 9.17) is 11.6 Å². The van der Waals surface area contributed by atoms with Crippen LogP contribution in [0.3, 0.4) is 0 Å². The number of halogens is 1. The Morgan fingerprint density at radius 2 is 1.45 bits per heavy atom. The number of anilines is 2. The summed E-state index contributed by atoms with van der Waals surface area (Å²) in [6.45, 7) is 4.58. The second-order valence-corrected chi connectivity index (χ2v) is 7.71. The van der Waals surface area contributed by atoms with E-state index in [2.05, 4.69) is 6.92 Å². The number of para-hydroxylation sites is 1. The monoisotopic (exact) mass is 430 g/mol. The zero-order valence-electron chi connectivity index (χ0n) is 17.5. The van der Waals surface area contributed by atoms with Gasteiger partial charge in [-0.25, -0.2) is 4.90 Å². The number of carbonyl (C=O) groups excluding carboxylic acids is 2. The highest BCUT2D eigenvalue weighted by molar-refractivity contribution is 6.46. The van der Waals surface area contributed by atoms with Gasteiger partial charge in [-0.2, -0.15) is 0 Å². The molecule has 31 heavy (non-hydrogen) atoms. The molecule has 3 aromatic rings. The number of carbonyl (C=O) groups is 2. The number of benzene rings is 3. The quantitative estimate of drug-likeness (QED) is 0.470. The predicted molar refractivity (Wildman–Crippen MR) is 126 cm³/mol. The Morgan fingerprint density at radius 3 is 2.03 bits per heavy atom. The molecule has 3 aromatic carbocycles. The lowest BCUT2D eigenvalue weighted by atomic mass is 10.0. The number of aryl methyl sites for hydroxylation is 1. The van der Waals surface area contributed by atoms with Gasteiger partial charge in [-0.3, -0.25) is 9.59 Å². The molecule has 0 aliphatic carbocycles. The molecule has 0 unspecified atom stereocenters. The van der Waals surface area contributed by atoms with Crippen LogP contribution in [0.25, 0.3) is 5.57 Å². The molecule has 0 bridgehead atoms. The maximum absolute atomic E-state index is 13.7. The van der Waals surface area contributed by atoms with Crippen LogP contribution in [0.15, 0.2) is 84.6 Å². The lowest BCUT2D eigenvalue weighted by molar-refractivity contribution is -0.120. The van der Waals surface area contributed by atoms with Crippen LogP contribution < -0.4 is 9.80 Å². The predicted octanol–water partition coefficient (Wildman–Crippen LogP) is 5.71. The molecular formula is C26H23ClN2O2. The Kier molecular flexibility index (Phi) is 5.92. The van der Waals surface area contributed by atoms with E-state index in [1.807, 2.05) is 66.4 Å². The van der Waals surface area contributed by atoms with Gasteiger partial charge in [-0.15, -0.1) is 0 Å². The van der Waals surface area contributed by atoms with E-state index in [9.17, 15) is 9.59 Å². The maximum Gasteiger partial charge on any atom is 0.282 e. The van der Waals surface area contributed by atoms with Gasteiger partial charge < -0.3 is 4.90 Å². The van der Waals surface area contributed by atoms with Gasteiger partial charge >= 0.3 is 0 Å². The fourth-order valence-electron chi connectivity index (χ4n) is 3.84.